The van der Waals surface area contributed by atoms with E-state index >= 15 is 0 Å². The van der Waals surface area contributed by atoms with E-state index < -0.39 is 0 Å². The van der Waals surface area contributed by atoms with E-state index in [4.69, 9.17) is 0 Å². The number of benzene rings is 1. The lowest BCUT2D eigenvalue weighted by Gasteiger charge is -2.12. The van der Waals surface area contributed by atoms with E-state index in [-0.39, 0.29) is 12.4 Å². The third kappa shape index (κ3) is 3.52. The van der Waals surface area contributed by atoms with Crippen LogP contribution in [0, 0.1) is 0 Å². The number of rotatable bonds is 3. The van der Waals surface area contributed by atoms with Gasteiger partial charge >= 0.3 is 0 Å². The fraction of sp³-hybridized carbons (Fsp3) is 0.455. The molecule has 0 bridgehead atoms. The fourth-order valence-electron chi connectivity index (χ4n) is 1.56. The molecule has 1 heterocycles. The van der Waals surface area contributed by atoms with Gasteiger partial charge in [0.25, 0.3) is 0 Å². The number of hydrogen-bond acceptors (Lipinski definition) is 2. The molecule has 0 spiro atoms. The van der Waals surface area contributed by atoms with Crippen molar-refractivity contribution in [3.63, 3.8) is 0 Å². The van der Waals surface area contributed by atoms with Gasteiger partial charge < -0.3 is 0 Å². The predicted octanol–water partition coefficient (Wildman–Crippen LogP) is 3.35. The molecule has 0 saturated carbocycles. The molecule has 14 heavy (non-hydrogen) atoms. The topological polar surface area (TPSA) is 3.24 Å². The first-order valence-corrected chi connectivity index (χ1v) is 5.81. The Morgan fingerprint density at radius 3 is 2.36 bits per heavy atom. The molecule has 0 radical (unpaired) electrons. The molecule has 0 atom stereocenters. The zero-order valence-electron chi connectivity index (χ0n) is 8.19. The Morgan fingerprint density at radius 2 is 1.71 bits per heavy atom. The first-order chi connectivity index (χ1) is 6.45. The van der Waals surface area contributed by atoms with Crippen LogP contribution in [0.4, 0.5) is 0 Å². The smallest absolute Gasteiger partial charge is 0.0332 e. The van der Waals surface area contributed by atoms with E-state index in [0.717, 1.165) is 5.75 Å². The third-order valence-corrected chi connectivity index (χ3v) is 3.51. The highest BCUT2D eigenvalue weighted by Crippen LogP contribution is 2.21. The minimum absolute atomic E-state index is 0. The monoisotopic (exact) mass is 229 g/mol. The molecule has 0 aromatic heterocycles. The lowest BCUT2D eigenvalue weighted by atomic mass is 10.2. The summed E-state index contributed by atoms with van der Waals surface area (Å²) in [5, 5.41) is 0. The standard InChI is InChI=1S/C11H15NS.ClH/c1-2-6-11(7-3-1)10-13-12-8-4-5-9-12;/h1-3,6-7H,4-5,8-10H2;1H. The minimum Gasteiger partial charge on any atom is -0.250 e. The normalized spacial score (nSPS) is 16.6. The second kappa shape index (κ2) is 6.33. The molecular formula is C11H16ClNS. The van der Waals surface area contributed by atoms with Crippen LogP contribution in [-0.2, 0) is 5.75 Å². The van der Waals surface area contributed by atoms with Gasteiger partial charge in [-0.15, -0.1) is 12.4 Å². The van der Waals surface area contributed by atoms with E-state index in [2.05, 4.69) is 34.6 Å². The predicted molar refractivity (Wildman–Crippen MR) is 65.8 cm³/mol. The second-order valence-corrected chi connectivity index (χ2v) is 4.46. The molecule has 1 aromatic carbocycles. The molecule has 0 aliphatic carbocycles. The van der Waals surface area contributed by atoms with Crippen LogP contribution < -0.4 is 0 Å². The second-order valence-electron chi connectivity index (χ2n) is 3.40. The zero-order chi connectivity index (χ0) is 8.93. The summed E-state index contributed by atoms with van der Waals surface area (Å²) in [6.07, 6.45) is 2.75. The summed E-state index contributed by atoms with van der Waals surface area (Å²) >= 11 is 1.97. The fourth-order valence-corrected chi connectivity index (χ4v) is 2.60. The lowest BCUT2D eigenvalue weighted by Crippen LogP contribution is -2.09. The van der Waals surface area contributed by atoms with Crippen molar-refractivity contribution >= 4 is 24.4 Å². The van der Waals surface area contributed by atoms with Crippen LogP contribution >= 0.6 is 24.4 Å². The van der Waals surface area contributed by atoms with E-state index in [1.165, 1.54) is 31.5 Å². The Labute approximate surface area is 96.4 Å². The van der Waals surface area contributed by atoms with E-state index in [0.29, 0.717) is 0 Å². The molecule has 0 N–H and O–H groups in total. The van der Waals surface area contributed by atoms with E-state index in [1.54, 1.807) is 0 Å². The summed E-state index contributed by atoms with van der Waals surface area (Å²) in [6.45, 7) is 2.55. The van der Waals surface area contributed by atoms with Gasteiger partial charge in [-0.1, -0.05) is 42.3 Å². The molecule has 1 aliphatic rings. The van der Waals surface area contributed by atoms with Gasteiger partial charge in [0.05, 0.1) is 0 Å². The van der Waals surface area contributed by atoms with Crippen LogP contribution in [0.2, 0.25) is 0 Å². The first-order valence-electron chi connectivity index (χ1n) is 4.87. The summed E-state index contributed by atoms with van der Waals surface area (Å²) in [5.41, 5.74) is 1.43. The average molecular weight is 230 g/mol. The number of nitrogens with zero attached hydrogens (tertiary/aromatic N) is 1. The summed E-state index contributed by atoms with van der Waals surface area (Å²) in [7, 11) is 0. The van der Waals surface area contributed by atoms with Gasteiger partial charge in [0.2, 0.25) is 0 Å². The van der Waals surface area contributed by atoms with Crippen LogP contribution in [0.25, 0.3) is 0 Å². The van der Waals surface area contributed by atoms with Crippen molar-refractivity contribution in [2.45, 2.75) is 18.6 Å². The first kappa shape index (κ1) is 11.9. The molecule has 2 rings (SSSR count). The van der Waals surface area contributed by atoms with Crippen LogP contribution in [-0.4, -0.2) is 17.4 Å². The molecule has 1 saturated heterocycles. The lowest BCUT2D eigenvalue weighted by molar-refractivity contribution is 0.586. The van der Waals surface area contributed by atoms with Gasteiger partial charge in [-0.3, -0.25) is 4.31 Å². The van der Waals surface area contributed by atoms with Gasteiger partial charge in [0.15, 0.2) is 0 Å². The zero-order valence-corrected chi connectivity index (χ0v) is 9.82. The van der Waals surface area contributed by atoms with E-state index in [9.17, 15) is 0 Å². The van der Waals surface area contributed by atoms with Crippen LogP contribution in [0.1, 0.15) is 18.4 Å². The largest absolute Gasteiger partial charge is 0.250 e. The maximum absolute atomic E-state index is 2.48. The maximum Gasteiger partial charge on any atom is 0.0332 e. The number of hydrogen-bond donors (Lipinski definition) is 0. The SMILES string of the molecule is Cl.c1ccc(CSN2CCCC2)cc1. The van der Waals surface area contributed by atoms with Crippen molar-refractivity contribution in [3.05, 3.63) is 35.9 Å². The van der Waals surface area contributed by atoms with Crippen molar-refractivity contribution in [3.8, 4) is 0 Å². The van der Waals surface area contributed by atoms with E-state index in [1.807, 2.05) is 11.9 Å². The summed E-state index contributed by atoms with van der Waals surface area (Å²) in [5.74, 6) is 1.13. The highest BCUT2D eigenvalue weighted by molar-refractivity contribution is 7.96. The van der Waals surface area contributed by atoms with Crippen molar-refractivity contribution < 1.29 is 0 Å². The molecule has 1 aromatic rings. The Bertz CT molecular complexity index is 247. The Kier molecular flexibility index (Phi) is 5.38. The molecule has 1 aliphatic heterocycles. The molecule has 1 fully saturated rings. The molecule has 0 amide bonds. The Hall–Kier alpha value is -0.180. The molecule has 0 unspecified atom stereocenters. The summed E-state index contributed by atoms with van der Waals surface area (Å²) in [6, 6.07) is 10.7. The highest BCUT2D eigenvalue weighted by Gasteiger charge is 2.11. The van der Waals surface area contributed by atoms with Crippen molar-refractivity contribution in [2.24, 2.45) is 0 Å². The average Bonchev–Trinajstić information content (AvgIpc) is 2.69. The maximum atomic E-state index is 2.48. The van der Waals surface area contributed by atoms with Gasteiger partial charge in [-0.05, 0) is 18.4 Å². The number of halogens is 1. The Morgan fingerprint density at radius 1 is 1.07 bits per heavy atom. The van der Waals surface area contributed by atoms with Gasteiger partial charge in [-0.2, -0.15) is 0 Å². The quantitative estimate of drug-likeness (QED) is 0.732. The van der Waals surface area contributed by atoms with Crippen molar-refractivity contribution in [2.75, 3.05) is 13.1 Å². The molecule has 3 heteroatoms. The van der Waals surface area contributed by atoms with Crippen LogP contribution in [0.15, 0.2) is 30.3 Å². The third-order valence-electron chi connectivity index (χ3n) is 2.32. The van der Waals surface area contributed by atoms with Crippen molar-refractivity contribution in [1.29, 1.82) is 0 Å². The van der Waals surface area contributed by atoms with Gasteiger partial charge in [-0.25, -0.2) is 0 Å². The van der Waals surface area contributed by atoms with Gasteiger partial charge in [0.1, 0.15) is 0 Å². The minimum atomic E-state index is 0. The Balaban J connectivity index is 0.000000980. The van der Waals surface area contributed by atoms with Crippen molar-refractivity contribution in [1.82, 2.24) is 4.31 Å². The van der Waals surface area contributed by atoms with Crippen LogP contribution in [0.3, 0.4) is 0 Å². The van der Waals surface area contributed by atoms with Crippen LogP contribution in [0.5, 0.6) is 0 Å². The highest BCUT2D eigenvalue weighted by atomic mass is 35.5. The molecular weight excluding hydrogens is 214 g/mol. The summed E-state index contributed by atoms with van der Waals surface area (Å²) < 4.78 is 2.48. The van der Waals surface area contributed by atoms with Gasteiger partial charge in [0, 0.05) is 18.8 Å². The molecule has 78 valence electrons. The summed E-state index contributed by atoms with van der Waals surface area (Å²) in [4.78, 5) is 0. The molecule has 1 nitrogen and oxygen atoms in total.